The van der Waals surface area contributed by atoms with Gasteiger partial charge in [-0.25, -0.2) is 8.42 Å². The van der Waals surface area contributed by atoms with Crippen LogP contribution in [0.4, 0.5) is 0 Å². The normalized spacial score (nSPS) is 16.4. The van der Waals surface area contributed by atoms with Gasteiger partial charge in [-0.2, -0.15) is 4.31 Å². The van der Waals surface area contributed by atoms with Gasteiger partial charge in [0.2, 0.25) is 10.0 Å². The topological polar surface area (TPSA) is 74.7 Å². The van der Waals surface area contributed by atoms with Crippen LogP contribution in [-0.4, -0.2) is 30.8 Å². The van der Waals surface area contributed by atoms with Crippen molar-refractivity contribution in [3.05, 3.63) is 65.7 Å². The predicted octanol–water partition coefficient (Wildman–Crippen LogP) is 4.26. The Hall–Kier alpha value is -2.18. The molecule has 1 atom stereocenters. The molecule has 0 amide bonds. The summed E-state index contributed by atoms with van der Waals surface area (Å²) in [6.07, 6.45) is 5.13. The Kier molecular flexibility index (Phi) is 6.52. The maximum absolute atomic E-state index is 12.8. The molecular formula is C22H27NO4S. The number of carbonyl (C=O) groups is 1. The van der Waals surface area contributed by atoms with Crippen LogP contribution in [0.5, 0.6) is 0 Å². The molecule has 2 aromatic rings. The molecule has 2 aromatic carbocycles. The summed E-state index contributed by atoms with van der Waals surface area (Å²) in [6, 6.07) is 15.8. The largest absolute Gasteiger partial charge is 0.481 e. The Morgan fingerprint density at radius 3 is 2.25 bits per heavy atom. The van der Waals surface area contributed by atoms with Crippen molar-refractivity contribution in [1.29, 1.82) is 0 Å². The van der Waals surface area contributed by atoms with Gasteiger partial charge >= 0.3 is 5.97 Å². The predicted molar refractivity (Wildman–Crippen MR) is 108 cm³/mol. The Morgan fingerprint density at radius 2 is 1.68 bits per heavy atom. The van der Waals surface area contributed by atoms with Gasteiger partial charge in [-0.3, -0.25) is 4.79 Å². The minimum absolute atomic E-state index is 0.180. The van der Waals surface area contributed by atoms with Crippen molar-refractivity contribution in [1.82, 2.24) is 4.31 Å². The van der Waals surface area contributed by atoms with Crippen molar-refractivity contribution >= 4 is 16.0 Å². The third kappa shape index (κ3) is 4.80. The second-order valence-electron chi connectivity index (χ2n) is 7.59. The maximum atomic E-state index is 12.8. The Balaban J connectivity index is 1.75. The molecule has 1 aliphatic carbocycles. The van der Waals surface area contributed by atoms with Gasteiger partial charge in [0.25, 0.3) is 0 Å². The Bertz CT molecular complexity index is 888. The molecule has 1 N–H and O–H groups in total. The highest BCUT2D eigenvalue weighted by atomic mass is 32.2. The van der Waals surface area contributed by atoms with Crippen molar-refractivity contribution in [2.24, 2.45) is 5.92 Å². The van der Waals surface area contributed by atoms with Crippen LogP contribution in [0.1, 0.15) is 49.1 Å². The molecule has 28 heavy (non-hydrogen) atoms. The highest BCUT2D eigenvalue weighted by Gasteiger charge is 2.27. The second-order valence-corrected chi connectivity index (χ2v) is 9.64. The number of aliphatic carboxylic acids is 1. The fraction of sp³-hybridized carbons (Fsp3) is 0.409. The van der Waals surface area contributed by atoms with E-state index in [1.807, 2.05) is 30.3 Å². The zero-order valence-electron chi connectivity index (χ0n) is 16.1. The van der Waals surface area contributed by atoms with Gasteiger partial charge in [-0.1, -0.05) is 68.1 Å². The van der Waals surface area contributed by atoms with Gasteiger partial charge in [0.05, 0.1) is 10.8 Å². The smallest absolute Gasteiger partial charge is 0.310 e. The van der Waals surface area contributed by atoms with Gasteiger partial charge in [0, 0.05) is 13.6 Å². The minimum Gasteiger partial charge on any atom is -0.481 e. The molecule has 0 bridgehead atoms. The quantitative estimate of drug-likeness (QED) is 0.717. The number of hydrogen-bond acceptors (Lipinski definition) is 3. The first-order chi connectivity index (χ1) is 13.4. The zero-order chi connectivity index (χ0) is 20.1. The van der Waals surface area contributed by atoms with E-state index >= 15 is 0 Å². The van der Waals surface area contributed by atoms with Crippen LogP contribution in [-0.2, 0) is 21.4 Å². The first-order valence-electron chi connectivity index (χ1n) is 9.71. The van der Waals surface area contributed by atoms with E-state index in [0.717, 1.165) is 18.4 Å². The molecule has 0 aromatic heterocycles. The lowest BCUT2D eigenvalue weighted by molar-refractivity contribution is -0.139. The summed E-state index contributed by atoms with van der Waals surface area (Å²) >= 11 is 0. The second kappa shape index (κ2) is 8.88. The summed E-state index contributed by atoms with van der Waals surface area (Å²) in [6.45, 7) is 0.282. The monoisotopic (exact) mass is 401 g/mol. The molecule has 0 heterocycles. The molecule has 0 saturated heterocycles. The summed E-state index contributed by atoms with van der Waals surface area (Å²) in [4.78, 5) is 11.9. The van der Waals surface area contributed by atoms with Crippen molar-refractivity contribution in [2.75, 3.05) is 7.05 Å². The van der Waals surface area contributed by atoms with Crippen LogP contribution in [0.25, 0.3) is 0 Å². The maximum Gasteiger partial charge on any atom is 0.310 e. The summed E-state index contributed by atoms with van der Waals surface area (Å²) < 4.78 is 27.0. The van der Waals surface area contributed by atoms with E-state index in [1.54, 1.807) is 19.2 Å². The molecule has 1 unspecified atom stereocenters. The first kappa shape index (κ1) is 20.6. The lowest BCUT2D eigenvalue weighted by Gasteiger charge is -2.19. The van der Waals surface area contributed by atoms with Crippen molar-refractivity contribution in [2.45, 2.75) is 49.5 Å². The summed E-state index contributed by atoms with van der Waals surface area (Å²) in [5.41, 5.74) is 1.58. The van der Waals surface area contributed by atoms with E-state index in [0.29, 0.717) is 17.9 Å². The molecule has 150 valence electrons. The van der Waals surface area contributed by atoms with Gasteiger partial charge in [-0.15, -0.1) is 0 Å². The Morgan fingerprint density at radius 1 is 1.07 bits per heavy atom. The highest BCUT2D eigenvalue weighted by molar-refractivity contribution is 7.89. The summed E-state index contributed by atoms with van der Waals surface area (Å²) in [7, 11) is -2.08. The van der Waals surface area contributed by atoms with Gasteiger partial charge in [0.1, 0.15) is 0 Å². The average Bonchev–Trinajstić information content (AvgIpc) is 3.20. The molecule has 0 aliphatic heterocycles. The standard InChI is InChI=1S/C22H27NO4S/c1-23(16-18-9-3-2-4-10-18)28(26,27)20-13-11-19(12-14-20)21(22(24)25)15-17-7-5-6-8-17/h2-4,9-14,17,21H,5-8,15-16H2,1H3,(H,24,25). The minimum atomic E-state index is -3.64. The lowest BCUT2D eigenvalue weighted by Crippen LogP contribution is -2.26. The van der Waals surface area contributed by atoms with E-state index in [9.17, 15) is 18.3 Å². The SMILES string of the molecule is CN(Cc1ccccc1)S(=O)(=O)c1ccc(C(CC2CCCC2)C(=O)O)cc1. The average molecular weight is 402 g/mol. The van der Waals surface area contributed by atoms with Gasteiger partial charge in [0.15, 0.2) is 0 Å². The Labute approximate surface area is 167 Å². The lowest BCUT2D eigenvalue weighted by atomic mass is 9.88. The van der Waals surface area contributed by atoms with Crippen molar-refractivity contribution in [3.63, 3.8) is 0 Å². The van der Waals surface area contributed by atoms with Gasteiger partial charge < -0.3 is 5.11 Å². The van der Waals surface area contributed by atoms with E-state index in [2.05, 4.69) is 0 Å². The highest BCUT2D eigenvalue weighted by Crippen LogP contribution is 2.34. The van der Waals surface area contributed by atoms with Gasteiger partial charge in [-0.05, 0) is 35.6 Å². The van der Waals surface area contributed by atoms with Crippen LogP contribution >= 0.6 is 0 Å². The number of carboxylic acid groups (broad SMARTS) is 1. The van der Waals surface area contributed by atoms with Crippen LogP contribution in [0.15, 0.2) is 59.5 Å². The number of rotatable bonds is 8. The third-order valence-corrected chi connectivity index (χ3v) is 7.40. The number of sulfonamides is 1. The molecule has 1 fully saturated rings. The van der Waals surface area contributed by atoms with Crippen molar-refractivity contribution in [3.8, 4) is 0 Å². The van der Waals surface area contributed by atoms with E-state index in [4.69, 9.17) is 0 Å². The first-order valence-corrected chi connectivity index (χ1v) is 11.1. The summed E-state index contributed by atoms with van der Waals surface area (Å²) in [5.74, 6) is -0.980. The zero-order valence-corrected chi connectivity index (χ0v) is 16.9. The van der Waals surface area contributed by atoms with E-state index < -0.39 is 21.9 Å². The molecule has 3 rings (SSSR count). The fourth-order valence-corrected chi connectivity index (χ4v) is 5.10. The molecule has 6 heteroatoms. The fourth-order valence-electron chi connectivity index (χ4n) is 3.94. The van der Waals surface area contributed by atoms with Crippen LogP contribution in [0.3, 0.4) is 0 Å². The number of hydrogen-bond donors (Lipinski definition) is 1. The molecular weight excluding hydrogens is 374 g/mol. The molecule has 0 spiro atoms. The molecule has 5 nitrogen and oxygen atoms in total. The van der Waals surface area contributed by atoms with Crippen molar-refractivity contribution < 1.29 is 18.3 Å². The van der Waals surface area contributed by atoms with Crippen LogP contribution < -0.4 is 0 Å². The van der Waals surface area contributed by atoms with E-state index in [-0.39, 0.29) is 11.4 Å². The molecule has 1 saturated carbocycles. The van der Waals surface area contributed by atoms with E-state index in [1.165, 1.54) is 29.3 Å². The molecule has 0 radical (unpaired) electrons. The number of benzene rings is 2. The third-order valence-electron chi connectivity index (χ3n) is 5.58. The summed E-state index contributed by atoms with van der Waals surface area (Å²) in [5, 5.41) is 9.64. The molecule has 1 aliphatic rings. The number of nitrogens with zero attached hydrogens (tertiary/aromatic N) is 1. The van der Waals surface area contributed by atoms with Crippen LogP contribution in [0, 0.1) is 5.92 Å². The number of carboxylic acids is 1. The van der Waals surface area contributed by atoms with Crippen LogP contribution in [0.2, 0.25) is 0 Å².